The molecule has 0 aliphatic carbocycles. The maximum Gasteiger partial charge on any atom is 0.223 e. The maximum absolute atomic E-state index is 13.3. The standard InChI is InChI=1S/C24H29BrN2O2/c1-17(18-9-11-20(25)12-10-18)27-14-13-24(15-21(27)28,16-23(2,3)22(26)29)19-7-5-4-6-8-19/h4-12,17H,13-16H2,1-3H3,(H2,26,29)/t17-,24?/m0/s1. The summed E-state index contributed by atoms with van der Waals surface area (Å²) in [5, 5.41) is 0. The largest absolute Gasteiger partial charge is 0.369 e. The van der Waals surface area contributed by atoms with Gasteiger partial charge in [-0.2, -0.15) is 0 Å². The van der Waals surface area contributed by atoms with Crippen LogP contribution < -0.4 is 5.73 Å². The van der Waals surface area contributed by atoms with Gasteiger partial charge in [-0.05, 0) is 43.0 Å². The molecule has 2 aromatic rings. The molecule has 29 heavy (non-hydrogen) atoms. The lowest BCUT2D eigenvalue weighted by atomic mass is 9.63. The third kappa shape index (κ3) is 4.55. The van der Waals surface area contributed by atoms with Crippen molar-refractivity contribution in [2.45, 2.75) is 51.5 Å². The SMILES string of the molecule is C[C@@H](c1ccc(Br)cc1)N1CCC(CC(C)(C)C(N)=O)(c2ccccc2)CC1=O. The van der Waals surface area contributed by atoms with Gasteiger partial charge >= 0.3 is 0 Å². The fourth-order valence-corrected chi connectivity index (χ4v) is 4.76. The zero-order valence-corrected chi connectivity index (χ0v) is 18.9. The predicted molar refractivity (Wildman–Crippen MR) is 119 cm³/mol. The predicted octanol–water partition coefficient (Wildman–Crippen LogP) is 4.97. The van der Waals surface area contributed by atoms with Gasteiger partial charge in [-0.1, -0.05) is 72.2 Å². The molecule has 2 amide bonds. The normalized spacial score (nSPS) is 21.1. The molecule has 2 aromatic carbocycles. The molecule has 1 aliphatic heterocycles. The minimum Gasteiger partial charge on any atom is -0.369 e. The molecule has 1 heterocycles. The molecule has 1 fully saturated rings. The average molecular weight is 457 g/mol. The van der Waals surface area contributed by atoms with Gasteiger partial charge in [0.25, 0.3) is 0 Å². The highest BCUT2D eigenvalue weighted by Gasteiger charge is 2.46. The molecule has 1 unspecified atom stereocenters. The number of primary amides is 1. The molecule has 1 saturated heterocycles. The van der Waals surface area contributed by atoms with E-state index in [4.69, 9.17) is 5.73 Å². The highest BCUT2D eigenvalue weighted by atomic mass is 79.9. The van der Waals surface area contributed by atoms with Crippen molar-refractivity contribution in [2.75, 3.05) is 6.54 Å². The van der Waals surface area contributed by atoms with Crippen molar-refractivity contribution in [3.05, 3.63) is 70.2 Å². The molecule has 154 valence electrons. The summed E-state index contributed by atoms with van der Waals surface area (Å²) < 4.78 is 1.02. The van der Waals surface area contributed by atoms with Gasteiger partial charge in [0.05, 0.1) is 6.04 Å². The quantitative estimate of drug-likeness (QED) is 0.666. The number of likely N-dealkylation sites (tertiary alicyclic amines) is 1. The number of benzene rings is 2. The van der Waals surface area contributed by atoms with Crippen LogP contribution in [0.1, 0.15) is 57.2 Å². The zero-order valence-electron chi connectivity index (χ0n) is 17.3. The van der Waals surface area contributed by atoms with Gasteiger partial charge in [0, 0.05) is 28.3 Å². The van der Waals surface area contributed by atoms with Gasteiger partial charge in [0.15, 0.2) is 0 Å². The Labute approximate surface area is 181 Å². The van der Waals surface area contributed by atoms with Crippen molar-refractivity contribution in [3.63, 3.8) is 0 Å². The van der Waals surface area contributed by atoms with Gasteiger partial charge < -0.3 is 10.6 Å². The number of piperidine rings is 1. The van der Waals surface area contributed by atoms with Crippen LogP contribution in [0.15, 0.2) is 59.1 Å². The molecule has 0 saturated carbocycles. The molecule has 0 aromatic heterocycles. The Morgan fingerprint density at radius 3 is 2.34 bits per heavy atom. The Balaban J connectivity index is 1.89. The van der Waals surface area contributed by atoms with Crippen LogP contribution in [0, 0.1) is 5.41 Å². The maximum atomic E-state index is 13.3. The zero-order chi connectivity index (χ0) is 21.2. The van der Waals surface area contributed by atoms with E-state index in [9.17, 15) is 9.59 Å². The van der Waals surface area contributed by atoms with Crippen LogP contribution in [0.4, 0.5) is 0 Å². The summed E-state index contributed by atoms with van der Waals surface area (Å²) in [5.41, 5.74) is 6.84. The number of carbonyl (C=O) groups is 2. The molecule has 0 bridgehead atoms. The van der Waals surface area contributed by atoms with Gasteiger partial charge in [-0.3, -0.25) is 9.59 Å². The molecule has 5 heteroatoms. The molecule has 4 nitrogen and oxygen atoms in total. The lowest BCUT2D eigenvalue weighted by Crippen LogP contribution is -2.50. The van der Waals surface area contributed by atoms with E-state index >= 15 is 0 Å². The van der Waals surface area contributed by atoms with Crippen molar-refractivity contribution in [3.8, 4) is 0 Å². The van der Waals surface area contributed by atoms with E-state index in [1.54, 1.807) is 0 Å². The molecular weight excluding hydrogens is 428 g/mol. The first kappa shape index (κ1) is 21.6. The number of nitrogens with zero attached hydrogens (tertiary/aromatic N) is 1. The van der Waals surface area contributed by atoms with Crippen LogP contribution in [0.3, 0.4) is 0 Å². The minimum absolute atomic E-state index is 0.00789. The third-order valence-electron chi connectivity index (χ3n) is 6.29. The van der Waals surface area contributed by atoms with Gasteiger partial charge in [0.1, 0.15) is 0 Å². The van der Waals surface area contributed by atoms with E-state index < -0.39 is 5.41 Å². The Morgan fingerprint density at radius 2 is 1.79 bits per heavy atom. The molecule has 0 radical (unpaired) electrons. The topological polar surface area (TPSA) is 63.4 Å². The Bertz CT molecular complexity index is 880. The summed E-state index contributed by atoms with van der Waals surface area (Å²) >= 11 is 3.46. The Hall–Kier alpha value is -2.14. The van der Waals surface area contributed by atoms with Crippen molar-refractivity contribution in [1.29, 1.82) is 0 Å². The van der Waals surface area contributed by atoms with E-state index in [0.29, 0.717) is 19.4 Å². The first-order valence-electron chi connectivity index (χ1n) is 10.0. The van der Waals surface area contributed by atoms with E-state index in [-0.39, 0.29) is 23.3 Å². The number of halogens is 1. The minimum atomic E-state index is -0.685. The van der Waals surface area contributed by atoms with Gasteiger partial charge in [0.2, 0.25) is 11.8 Å². The number of hydrogen-bond donors (Lipinski definition) is 1. The second-order valence-corrected chi connectivity index (χ2v) is 9.73. The molecule has 2 N–H and O–H groups in total. The lowest BCUT2D eigenvalue weighted by Gasteiger charge is -2.46. The summed E-state index contributed by atoms with van der Waals surface area (Å²) in [6, 6.07) is 18.2. The number of amides is 2. The average Bonchev–Trinajstić information content (AvgIpc) is 2.68. The van der Waals surface area contributed by atoms with Gasteiger partial charge in [-0.15, -0.1) is 0 Å². The summed E-state index contributed by atoms with van der Waals surface area (Å²) in [7, 11) is 0. The summed E-state index contributed by atoms with van der Waals surface area (Å²) in [6.45, 7) is 6.48. The summed E-state index contributed by atoms with van der Waals surface area (Å²) in [6.07, 6.45) is 1.75. The van der Waals surface area contributed by atoms with Crippen molar-refractivity contribution in [1.82, 2.24) is 4.90 Å². The lowest BCUT2D eigenvalue weighted by molar-refractivity contribution is -0.140. The molecule has 2 atom stereocenters. The number of hydrogen-bond acceptors (Lipinski definition) is 2. The first-order valence-corrected chi connectivity index (χ1v) is 10.8. The van der Waals surface area contributed by atoms with E-state index in [1.807, 2.05) is 49.1 Å². The highest BCUT2D eigenvalue weighted by molar-refractivity contribution is 9.10. The fourth-order valence-electron chi connectivity index (χ4n) is 4.49. The molecule has 0 spiro atoms. The van der Waals surface area contributed by atoms with Crippen LogP contribution in [0.25, 0.3) is 0 Å². The first-order chi connectivity index (χ1) is 13.6. The Morgan fingerprint density at radius 1 is 1.17 bits per heavy atom. The molecule has 3 rings (SSSR count). The van der Waals surface area contributed by atoms with E-state index in [1.165, 1.54) is 0 Å². The second-order valence-electron chi connectivity index (χ2n) is 8.81. The van der Waals surface area contributed by atoms with E-state index in [2.05, 4.69) is 47.1 Å². The number of carbonyl (C=O) groups excluding carboxylic acids is 2. The van der Waals surface area contributed by atoms with Crippen LogP contribution in [-0.2, 0) is 15.0 Å². The number of rotatable bonds is 6. The third-order valence-corrected chi connectivity index (χ3v) is 6.82. The second kappa shape index (κ2) is 8.31. The van der Waals surface area contributed by atoms with Crippen LogP contribution >= 0.6 is 15.9 Å². The number of nitrogens with two attached hydrogens (primary N) is 1. The Kier molecular flexibility index (Phi) is 6.18. The van der Waals surface area contributed by atoms with Crippen LogP contribution in [-0.4, -0.2) is 23.3 Å². The fraction of sp³-hybridized carbons (Fsp3) is 0.417. The van der Waals surface area contributed by atoms with Crippen molar-refractivity contribution >= 4 is 27.7 Å². The van der Waals surface area contributed by atoms with E-state index in [0.717, 1.165) is 22.0 Å². The molecule has 1 aliphatic rings. The molecular formula is C24H29BrN2O2. The summed E-state index contributed by atoms with van der Waals surface area (Å²) in [5.74, 6) is -0.207. The van der Waals surface area contributed by atoms with Crippen LogP contribution in [0.2, 0.25) is 0 Å². The van der Waals surface area contributed by atoms with Crippen molar-refractivity contribution in [2.24, 2.45) is 11.1 Å². The van der Waals surface area contributed by atoms with Gasteiger partial charge in [-0.25, -0.2) is 0 Å². The monoisotopic (exact) mass is 456 g/mol. The van der Waals surface area contributed by atoms with Crippen molar-refractivity contribution < 1.29 is 9.59 Å². The summed E-state index contributed by atoms with van der Waals surface area (Å²) in [4.78, 5) is 27.3. The smallest absolute Gasteiger partial charge is 0.223 e. The van der Waals surface area contributed by atoms with Crippen LogP contribution in [0.5, 0.6) is 0 Å². The highest BCUT2D eigenvalue weighted by Crippen LogP contribution is 2.46.